The maximum Gasteiger partial charge on any atom is 0.416 e. The van der Waals surface area contributed by atoms with Gasteiger partial charge in [-0.1, -0.05) is 42.1 Å². The molecule has 2 aromatic carbocycles. The first-order chi connectivity index (χ1) is 15.9. The van der Waals surface area contributed by atoms with Crippen molar-refractivity contribution in [1.82, 2.24) is 10.2 Å². The Balaban J connectivity index is 1.40. The third kappa shape index (κ3) is 6.26. The highest BCUT2D eigenvalue weighted by Gasteiger charge is 2.32. The van der Waals surface area contributed by atoms with E-state index in [1.807, 2.05) is 30.3 Å². The van der Waals surface area contributed by atoms with Crippen LogP contribution in [0.1, 0.15) is 17.0 Å². The number of hydrogen-bond acceptors (Lipinski definition) is 7. The van der Waals surface area contributed by atoms with Crippen LogP contribution in [0.15, 0.2) is 58.2 Å². The minimum Gasteiger partial charge on any atom is -0.416 e. The van der Waals surface area contributed by atoms with Crippen molar-refractivity contribution in [3.05, 3.63) is 65.5 Å². The van der Waals surface area contributed by atoms with Crippen molar-refractivity contribution in [1.29, 1.82) is 0 Å². The molecular weight excluding hydrogens is 457 g/mol. The van der Waals surface area contributed by atoms with Crippen molar-refractivity contribution in [2.75, 3.05) is 42.3 Å². The van der Waals surface area contributed by atoms with Gasteiger partial charge in [0, 0.05) is 13.1 Å². The summed E-state index contributed by atoms with van der Waals surface area (Å²) in [5.41, 5.74) is 0.877. The summed E-state index contributed by atoms with van der Waals surface area (Å²) in [6, 6.07) is 12.9. The zero-order valence-electron chi connectivity index (χ0n) is 17.5. The van der Waals surface area contributed by atoms with E-state index < -0.39 is 17.6 Å². The van der Waals surface area contributed by atoms with Crippen LogP contribution in [0.2, 0.25) is 0 Å². The van der Waals surface area contributed by atoms with E-state index in [9.17, 15) is 18.0 Å². The molecule has 1 aliphatic heterocycles. The lowest BCUT2D eigenvalue weighted by Gasteiger charge is -2.31. The van der Waals surface area contributed by atoms with Gasteiger partial charge in [0.15, 0.2) is 0 Å². The minimum atomic E-state index is -4.48. The number of hydrogen-bond donors (Lipinski definition) is 1. The van der Waals surface area contributed by atoms with Crippen LogP contribution in [0.5, 0.6) is 0 Å². The number of rotatable bonds is 7. The molecule has 4 rings (SSSR count). The Hall–Kier alpha value is -3.05. The molecule has 0 bridgehead atoms. The number of halogens is 3. The molecule has 0 atom stereocenters. The molecule has 0 saturated carbocycles. The number of benzene rings is 2. The standard InChI is InChI=1S/C22H21F3N4O3S/c23-22(24,25)16-6-7-17(18(13-16)29-8-10-31-11-9-29)26-19(30)14-33-21-28-27-20(32-21)12-15-4-2-1-3-5-15/h1-7,13H,8-12,14H2,(H,26,30). The van der Waals surface area contributed by atoms with Crippen LogP contribution < -0.4 is 10.2 Å². The number of morpholine rings is 1. The number of carbonyl (C=O) groups excluding carboxylic acids is 1. The number of ether oxygens (including phenoxy) is 1. The summed E-state index contributed by atoms with van der Waals surface area (Å²) < 4.78 is 50.5. The van der Waals surface area contributed by atoms with Crippen molar-refractivity contribution < 1.29 is 27.1 Å². The van der Waals surface area contributed by atoms with Gasteiger partial charge in [-0.15, -0.1) is 10.2 Å². The molecule has 11 heteroatoms. The molecule has 1 aliphatic rings. The van der Waals surface area contributed by atoms with E-state index in [4.69, 9.17) is 9.15 Å². The van der Waals surface area contributed by atoms with E-state index in [0.717, 1.165) is 29.5 Å². The summed E-state index contributed by atoms with van der Waals surface area (Å²) in [7, 11) is 0. The highest BCUT2D eigenvalue weighted by Crippen LogP contribution is 2.36. The lowest BCUT2D eigenvalue weighted by molar-refractivity contribution is -0.137. The lowest BCUT2D eigenvalue weighted by Crippen LogP contribution is -2.37. The fraction of sp³-hybridized carbons (Fsp3) is 0.318. The van der Waals surface area contributed by atoms with E-state index >= 15 is 0 Å². The second kappa shape index (κ2) is 10.3. The second-order valence-corrected chi connectivity index (χ2v) is 8.22. The Labute approximate surface area is 192 Å². The SMILES string of the molecule is O=C(CSc1nnc(Cc2ccccc2)o1)Nc1ccc(C(F)(F)F)cc1N1CCOCC1. The Morgan fingerprint density at radius 1 is 1.09 bits per heavy atom. The summed E-state index contributed by atoms with van der Waals surface area (Å²) in [6.07, 6.45) is -4.00. The first kappa shape index (κ1) is 23.1. The van der Waals surface area contributed by atoms with Gasteiger partial charge in [0.05, 0.1) is 42.3 Å². The molecule has 0 spiro atoms. The molecule has 174 valence electrons. The number of carbonyl (C=O) groups is 1. The van der Waals surface area contributed by atoms with Gasteiger partial charge in [-0.2, -0.15) is 13.2 Å². The molecule has 1 N–H and O–H groups in total. The zero-order chi connectivity index (χ0) is 23.3. The van der Waals surface area contributed by atoms with Crippen molar-refractivity contribution in [3.8, 4) is 0 Å². The number of alkyl halides is 3. The van der Waals surface area contributed by atoms with Crippen LogP contribution in [0, 0.1) is 0 Å². The monoisotopic (exact) mass is 478 g/mol. The van der Waals surface area contributed by atoms with Gasteiger partial charge >= 0.3 is 6.18 Å². The Bertz CT molecular complexity index is 1090. The number of aromatic nitrogens is 2. The maximum absolute atomic E-state index is 13.2. The van der Waals surface area contributed by atoms with Crippen LogP contribution in [-0.2, 0) is 22.1 Å². The van der Waals surface area contributed by atoms with Crippen LogP contribution in [-0.4, -0.2) is 48.2 Å². The fourth-order valence-electron chi connectivity index (χ4n) is 3.33. The van der Waals surface area contributed by atoms with E-state index in [1.54, 1.807) is 4.90 Å². The molecule has 0 radical (unpaired) electrons. The molecule has 0 unspecified atom stereocenters. The summed E-state index contributed by atoms with van der Waals surface area (Å²) in [6.45, 7) is 1.68. The summed E-state index contributed by atoms with van der Waals surface area (Å²) in [5.74, 6) is 0.00910. The quantitative estimate of drug-likeness (QED) is 0.509. The van der Waals surface area contributed by atoms with Gasteiger partial charge in [-0.25, -0.2) is 0 Å². The van der Waals surface area contributed by atoms with Crippen molar-refractivity contribution in [2.24, 2.45) is 0 Å². The molecule has 33 heavy (non-hydrogen) atoms. The van der Waals surface area contributed by atoms with Crippen LogP contribution >= 0.6 is 11.8 Å². The average Bonchev–Trinajstić information content (AvgIpc) is 3.26. The number of anilines is 2. The Morgan fingerprint density at radius 2 is 1.85 bits per heavy atom. The summed E-state index contributed by atoms with van der Waals surface area (Å²) in [5, 5.41) is 10.9. The lowest BCUT2D eigenvalue weighted by atomic mass is 10.1. The van der Waals surface area contributed by atoms with Gasteiger partial charge in [0.2, 0.25) is 11.8 Å². The Morgan fingerprint density at radius 3 is 2.58 bits per heavy atom. The highest BCUT2D eigenvalue weighted by atomic mass is 32.2. The van der Waals surface area contributed by atoms with E-state index in [2.05, 4.69) is 15.5 Å². The molecule has 1 aromatic heterocycles. The summed E-state index contributed by atoms with van der Waals surface area (Å²) in [4.78, 5) is 14.3. The molecule has 7 nitrogen and oxygen atoms in total. The summed E-state index contributed by atoms with van der Waals surface area (Å²) >= 11 is 1.06. The predicted octanol–water partition coefficient (Wildman–Crippen LogP) is 4.25. The third-order valence-corrected chi connectivity index (χ3v) is 5.74. The minimum absolute atomic E-state index is 0.0312. The predicted molar refractivity (Wildman–Crippen MR) is 117 cm³/mol. The molecule has 0 aliphatic carbocycles. The van der Waals surface area contributed by atoms with Gasteiger partial charge < -0.3 is 19.4 Å². The number of nitrogens with zero attached hydrogens (tertiary/aromatic N) is 3. The van der Waals surface area contributed by atoms with Crippen LogP contribution in [0.3, 0.4) is 0 Å². The number of nitrogens with one attached hydrogen (secondary N) is 1. The largest absolute Gasteiger partial charge is 0.416 e. The van der Waals surface area contributed by atoms with Gasteiger partial charge in [0.1, 0.15) is 0 Å². The van der Waals surface area contributed by atoms with Crippen LogP contribution in [0.4, 0.5) is 24.5 Å². The van der Waals surface area contributed by atoms with E-state index in [-0.39, 0.29) is 11.0 Å². The molecule has 1 amide bonds. The van der Waals surface area contributed by atoms with Gasteiger partial charge in [0.25, 0.3) is 5.22 Å². The normalized spacial score (nSPS) is 14.3. The highest BCUT2D eigenvalue weighted by molar-refractivity contribution is 7.99. The molecule has 2 heterocycles. The fourth-order valence-corrected chi connectivity index (χ4v) is 3.91. The van der Waals surface area contributed by atoms with Crippen LogP contribution in [0.25, 0.3) is 0 Å². The molecule has 1 saturated heterocycles. The van der Waals surface area contributed by atoms with E-state index in [0.29, 0.717) is 50.0 Å². The first-order valence-electron chi connectivity index (χ1n) is 10.2. The second-order valence-electron chi connectivity index (χ2n) is 7.29. The smallest absolute Gasteiger partial charge is 0.416 e. The van der Waals surface area contributed by atoms with Crippen molar-refractivity contribution >= 4 is 29.0 Å². The molecule has 1 fully saturated rings. The van der Waals surface area contributed by atoms with Crippen molar-refractivity contribution in [3.63, 3.8) is 0 Å². The number of amides is 1. The van der Waals surface area contributed by atoms with Gasteiger partial charge in [-0.05, 0) is 23.8 Å². The third-order valence-electron chi connectivity index (χ3n) is 4.92. The average molecular weight is 478 g/mol. The van der Waals surface area contributed by atoms with Gasteiger partial charge in [-0.3, -0.25) is 4.79 Å². The molecule has 3 aromatic rings. The first-order valence-corrected chi connectivity index (χ1v) is 11.2. The van der Waals surface area contributed by atoms with Crippen molar-refractivity contribution in [2.45, 2.75) is 17.8 Å². The zero-order valence-corrected chi connectivity index (χ0v) is 18.3. The molecular formula is C22H21F3N4O3S. The van der Waals surface area contributed by atoms with E-state index in [1.165, 1.54) is 6.07 Å². The maximum atomic E-state index is 13.2. The Kier molecular flexibility index (Phi) is 7.19. The number of thioether (sulfide) groups is 1. The topological polar surface area (TPSA) is 80.5 Å².